The number of hydrogen-bond donors (Lipinski definition) is 1. The molecule has 1 aromatic carbocycles. The highest BCUT2D eigenvalue weighted by molar-refractivity contribution is 7.99. The van der Waals surface area contributed by atoms with E-state index in [4.69, 9.17) is 4.74 Å². The maximum absolute atomic E-state index is 11.8. The second-order valence-corrected chi connectivity index (χ2v) is 5.99. The first-order chi connectivity index (χ1) is 11.2. The lowest BCUT2D eigenvalue weighted by Gasteiger charge is -2.08. The molecule has 1 heterocycles. The van der Waals surface area contributed by atoms with Crippen LogP contribution < -0.4 is 5.32 Å². The van der Waals surface area contributed by atoms with Crippen molar-refractivity contribution >= 4 is 17.7 Å². The molecule has 1 aromatic heterocycles. The molecule has 0 fully saturated rings. The van der Waals surface area contributed by atoms with Crippen LogP contribution in [0, 0.1) is 6.92 Å². The molecule has 2 rings (SSSR count). The molecule has 0 aliphatic carbocycles. The van der Waals surface area contributed by atoms with Crippen molar-refractivity contribution in [1.29, 1.82) is 0 Å². The summed E-state index contributed by atoms with van der Waals surface area (Å²) in [4.78, 5) is 11.8. The van der Waals surface area contributed by atoms with Gasteiger partial charge in [-0.25, -0.2) is 0 Å². The van der Waals surface area contributed by atoms with Gasteiger partial charge >= 0.3 is 0 Å². The van der Waals surface area contributed by atoms with E-state index in [9.17, 15) is 4.79 Å². The number of aryl methyl sites for hydroxylation is 1. The van der Waals surface area contributed by atoms with E-state index in [1.54, 1.807) is 7.11 Å². The predicted molar refractivity (Wildman–Crippen MR) is 91.5 cm³/mol. The Morgan fingerprint density at radius 3 is 2.91 bits per heavy atom. The van der Waals surface area contributed by atoms with Gasteiger partial charge in [0.05, 0.1) is 12.4 Å². The van der Waals surface area contributed by atoms with Crippen molar-refractivity contribution in [2.75, 3.05) is 26.0 Å². The molecule has 0 aliphatic rings. The maximum atomic E-state index is 11.8. The summed E-state index contributed by atoms with van der Waals surface area (Å²) in [6.07, 6.45) is 0. The number of aromatic nitrogens is 3. The zero-order chi connectivity index (χ0) is 16.7. The Morgan fingerprint density at radius 1 is 1.39 bits per heavy atom. The van der Waals surface area contributed by atoms with Crippen molar-refractivity contribution < 1.29 is 9.53 Å². The number of amides is 1. The van der Waals surface area contributed by atoms with Gasteiger partial charge in [0.1, 0.15) is 0 Å². The fourth-order valence-corrected chi connectivity index (χ4v) is 2.98. The summed E-state index contributed by atoms with van der Waals surface area (Å²) in [5.41, 5.74) is 2.22. The quantitative estimate of drug-likeness (QED) is 0.591. The van der Waals surface area contributed by atoms with Gasteiger partial charge in [0.2, 0.25) is 5.91 Å². The molecule has 0 aliphatic heterocycles. The van der Waals surface area contributed by atoms with Crippen molar-refractivity contribution in [3.63, 3.8) is 0 Å². The monoisotopic (exact) mass is 334 g/mol. The summed E-state index contributed by atoms with van der Waals surface area (Å²) in [5, 5.41) is 12.1. The number of ether oxygens (including phenoxy) is 1. The first kappa shape index (κ1) is 17.5. The van der Waals surface area contributed by atoms with Gasteiger partial charge in [-0.2, -0.15) is 0 Å². The van der Waals surface area contributed by atoms with Gasteiger partial charge in [-0.15, -0.1) is 10.2 Å². The van der Waals surface area contributed by atoms with Crippen LogP contribution in [0.5, 0.6) is 0 Å². The Balaban J connectivity index is 2.05. The molecule has 0 saturated heterocycles. The van der Waals surface area contributed by atoms with E-state index in [1.165, 1.54) is 17.3 Å². The number of hydrogen-bond acceptors (Lipinski definition) is 5. The molecule has 0 spiro atoms. The molecule has 0 atom stereocenters. The summed E-state index contributed by atoms with van der Waals surface area (Å²) in [7, 11) is 1.61. The minimum absolute atomic E-state index is 0.0326. The summed E-state index contributed by atoms with van der Waals surface area (Å²) in [6, 6.07) is 8.17. The second-order valence-electron chi connectivity index (χ2n) is 5.05. The lowest BCUT2D eigenvalue weighted by atomic mass is 10.1. The van der Waals surface area contributed by atoms with Gasteiger partial charge in [0.25, 0.3) is 0 Å². The average Bonchev–Trinajstić information content (AvgIpc) is 2.96. The number of nitrogens with zero attached hydrogens (tertiary/aromatic N) is 3. The lowest BCUT2D eigenvalue weighted by Crippen LogP contribution is -2.28. The SMILES string of the molecule is CCn1c(SCC(=O)NCCOC)nnc1-c1cccc(C)c1. The Bertz CT molecular complexity index is 657. The third-order valence-electron chi connectivity index (χ3n) is 3.27. The number of nitrogens with one attached hydrogen (secondary N) is 1. The number of rotatable bonds is 8. The standard InChI is InChI=1S/C16H22N4O2S/c1-4-20-15(13-7-5-6-12(2)10-13)18-19-16(20)23-11-14(21)17-8-9-22-3/h5-7,10H,4,8-9,11H2,1-3H3,(H,17,21). The molecule has 1 amide bonds. The Morgan fingerprint density at radius 2 is 2.22 bits per heavy atom. The molecule has 0 radical (unpaired) electrons. The number of benzene rings is 1. The number of thioether (sulfide) groups is 1. The Labute approximate surface area is 140 Å². The Hall–Kier alpha value is -1.86. The van der Waals surface area contributed by atoms with Crippen molar-refractivity contribution in [3.8, 4) is 11.4 Å². The highest BCUT2D eigenvalue weighted by Gasteiger charge is 2.14. The number of carbonyl (C=O) groups is 1. The molecule has 2 aromatic rings. The van der Waals surface area contributed by atoms with E-state index in [0.29, 0.717) is 18.9 Å². The van der Waals surface area contributed by atoms with Crippen LogP contribution in [0.4, 0.5) is 0 Å². The van der Waals surface area contributed by atoms with E-state index in [1.807, 2.05) is 23.6 Å². The molecule has 0 bridgehead atoms. The molecular formula is C16H22N4O2S. The summed E-state index contributed by atoms with van der Waals surface area (Å²) in [6.45, 7) is 5.88. The van der Waals surface area contributed by atoms with Crippen LogP contribution in [-0.2, 0) is 16.1 Å². The summed E-state index contributed by atoms with van der Waals surface area (Å²) >= 11 is 1.39. The zero-order valence-corrected chi connectivity index (χ0v) is 14.5. The van der Waals surface area contributed by atoms with Gasteiger partial charge in [-0.3, -0.25) is 4.79 Å². The van der Waals surface area contributed by atoms with Gasteiger partial charge < -0.3 is 14.6 Å². The van der Waals surface area contributed by atoms with Crippen LogP contribution in [0.25, 0.3) is 11.4 Å². The molecule has 0 saturated carbocycles. The van der Waals surface area contributed by atoms with Crippen molar-refractivity contribution in [2.45, 2.75) is 25.5 Å². The normalized spacial score (nSPS) is 10.7. The maximum Gasteiger partial charge on any atom is 0.230 e. The highest BCUT2D eigenvalue weighted by atomic mass is 32.2. The van der Waals surface area contributed by atoms with E-state index >= 15 is 0 Å². The van der Waals surface area contributed by atoms with Crippen molar-refractivity contribution in [1.82, 2.24) is 20.1 Å². The van der Waals surface area contributed by atoms with E-state index in [2.05, 4.69) is 34.6 Å². The average molecular weight is 334 g/mol. The Kier molecular flexibility index (Phi) is 6.61. The van der Waals surface area contributed by atoms with E-state index in [0.717, 1.165) is 23.1 Å². The molecule has 1 N–H and O–H groups in total. The third kappa shape index (κ3) is 4.80. The lowest BCUT2D eigenvalue weighted by molar-refractivity contribution is -0.118. The minimum atomic E-state index is -0.0326. The first-order valence-electron chi connectivity index (χ1n) is 7.54. The third-order valence-corrected chi connectivity index (χ3v) is 4.24. The summed E-state index contributed by atoms with van der Waals surface area (Å²) in [5.74, 6) is 1.11. The van der Waals surface area contributed by atoms with Gasteiger partial charge in [-0.05, 0) is 19.9 Å². The molecule has 7 heteroatoms. The zero-order valence-electron chi connectivity index (χ0n) is 13.7. The van der Waals surface area contributed by atoms with E-state index < -0.39 is 0 Å². The molecule has 0 unspecified atom stereocenters. The van der Waals surface area contributed by atoms with Gasteiger partial charge in [-0.1, -0.05) is 35.5 Å². The van der Waals surface area contributed by atoms with Crippen LogP contribution in [0.3, 0.4) is 0 Å². The van der Waals surface area contributed by atoms with Crippen molar-refractivity contribution in [2.24, 2.45) is 0 Å². The smallest absolute Gasteiger partial charge is 0.230 e. The van der Waals surface area contributed by atoms with Crippen LogP contribution in [-0.4, -0.2) is 46.7 Å². The van der Waals surface area contributed by atoms with E-state index in [-0.39, 0.29) is 5.91 Å². The highest BCUT2D eigenvalue weighted by Crippen LogP contribution is 2.24. The topological polar surface area (TPSA) is 69.0 Å². The predicted octanol–water partition coefficient (Wildman–Crippen LogP) is 2.13. The van der Waals surface area contributed by atoms with Crippen molar-refractivity contribution in [3.05, 3.63) is 29.8 Å². The van der Waals surface area contributed by atoms with Gasteiger partial charge in [0, 0.05) is 25.8 Å². The van der Waals surface area contributed by atoms with Crippen LogP contribution in [0.15, 0.2) is 29.4 Å². The largest absolute Gasteiger partial charge is 0.383 e. The fraction of sp³-hybridized carbons (Fsp3) is 0.438. The van der Waals surface area contributed by atoms with Crippen LogP contribution in [0.2, 0.25) is 0 Å². The fourth-order valence-electron chi connectivity index (χ4n) is 2.15. The molecule has 124 valence electrons. The molecular weight excluding hydrogens is 312 g/mol. The summed E-state index contributed by atoms with van der Waals surface area (Å²) < 4.78 is 6.94. The van der Waals surface area contributed by atoms with Crippen LogP contribution >= 0.6 is 11.8 Å². The number of carbonyl (C=O) groups excluding carboxylic acids is 1. The second kappa shape index (κ2) is 8.69. The minimum Gasteiger partial charge on any atom is -0.383 e. The van der Waals surface area contributed by atoms with Gasteiger partial charge in [0.15, 0.2) is 11.0 Å². The van der Waals surface area contributed by atoms with Crippen LogP contribution in [0.1, 0.15) is 12.5 Å². The molecule has 6 nitrogen and oxygen atoms in total. The number of methoxy groups -OCH3 is 1. The first-order valence-corrected chi connectivity index (χ1v) is 8.53. The molecule has 23 heavy (non-hydrogen) atoms.